The van der Waals surface area contributed by atoms with Crippen LogP contribution in [0.1, 0.15) is 36.8 Å². The standard InChI is InChI=1S/C24H25F2NO5/c1-29-21-12-16(6-10-20(21)32-24(25)26)8-11-23(28)27(18-4-2-3-5-18)14-17-7-9-19-22(13-17)31-15-30-19/h6-13,18,24H,2-5,14-15H2,1H3/b11-8+. The van der Waals surface area contributed by atoms with Crippen molar-refractivity contribution in [3.8, 4) is 23.0 Å². The first-order valence-electron chi connectivity index (χ1n) is 10.5. The van der Waals surface area contributed by atoms with Crippen molar-refractivity contribution < 1.29 is 32.5 Å². The lowest BCUT2D eigenvalue weighted by Crippen LogP contribution is -2.37. The third kappa shape index (κ3) is 5.12. The first-order valence-corrected chi connectivity index (χ1v) is 10.5. The van der Waals surface area contributed by atoms with Crippen molar-refractivity contribution >= 4 is 12.0 Å². The molecule has 8 heteroatoms. The first-order chi connectivity index (χ1) is 15.5. The van der Waals surface area contributed by atoms with Gasteiger partial charge in [-0.3, -0.25) is 4.79 Å². The average molecular weight is 445 g/mol. The van der Waals surface area contributed by atoms with Crippen molar-refractivity contribution in [3.05, 3.63) is 53.6 Å². The Kier molecular flexibility index (Phi) is 6.78. The summed E-state index contributed by atoms with van der Waals surface area (Å²) in [6.45, 7) is -2.27. The van der Waals surface area contributed by atoms with E-state index in [-0.39, 0.29) is 30.2 Å². The van der Waals surface area contributed by atoms with Gasteiger partial charge in [-0.2, -0.15) is 8.78 Å². The number of rotatable bonds is 8. The number of alkyl halides is 2. The van der Waals surface area contributed by atoms with Gasteiger partial charge in [0, 0.05) is 18.7 Å². The number of carbonyl (C=O) groups is 1. The summed E-state index contributed by atoms with van der Waals surface area (Å²) >= 11 is 0. The number of fused-ring (bicyclic) bond motifs is 1. The molecule has 2 aliphatic rings. The molecular weight excluding hydrogens is 420 g/mol. The number of ether oxygens (including phenoxy) is 4. The molecule has 0 bridgehead atoms. The minimum Gasteiger partial charge on any atom is -0.493 e. The zero-order valence-electron chi connectivity index (χ0n) is 17.8. The van der Waals surface area contributed by atoms with E-state index in [0.29, 0.717) is 23.6 Å². The van der Waals surface area contributed by atoms with Crippen LogP contribution in [-0.2, 0) is 11.3 Å². The fourth-order valence-electron chi connectivity index (χ4n) is 4.08. The van der Waals surface area contributed by atoms with Crippen LogP contribution in [0.2, 0.25) is 0 Å². The lowest BCUT2D eigenvalue weighted by atomic mass is 10.1. The largest absolute Gasteiger partial charge is 0.493 e. The molecule has 0 saturated heterocycles. The highest BCUT2D eigenvalue weighted by atomic mass is 19.3. The Labute approximate surface area is 185 Å². The second-order valence-electron chi connectivity index (χ2n) is 7.71. The van der Waals surface area contributed by atoms with E-state index in [4.69, 9.17) is 14.2 Å². The average Bonchev–Trinajstić information content (AvgIpc) is 3.48. The second kappa shape index (κ2) is 9.89. The number of halogens is 2. The van der Waals surface area contributed by atoms with E-state index in [1.165, 1.54) is 19.3 Å². The van der Waals surface area contributed by atoms with Crippen molar-refractivity contribution in [1.29, 1.82) is 0 Å². The molecule has 2 aromatic carbocycles. The molecule has 0 spiro atoms. The number of nitrogens with zero attached hydrogens (tertiary/aromatic N) is 1. The maximum atomic E-state index is 13.1. The molecule has 1 fully saturated rings. The number of hydrogen-bond donors (Lipinski definition) is 0. The number of methoxy groups -OCH3 is 1. The zero-order valence-corrected chi connectivity index (χ0v) is 17.8. The summed E-state index contributed by atoms with van der Waals surface area (Å²) in [6.07, 6.45) is 7.30. The Morgan fingerprint density at radius 3 is 2.66 bits per heavy atom. The summed E-state index contributed by atoms with van der Waals surface area (Å²) in [7, 11) is 1.37. The molecule has 0 aromatic heterocycles. The van der Waals surface area contributed by atoms with Gasteiger partial charge in [-0.05, 0) is 54.3 Å². The summed E-state index contributed by atoms with van der Waals surface area (Å²) < 4.78 is 45.4. The van der Waals surface area contributed by atoms with Crippen LogP contribution in [0.15, 0.2) is 42.5 Å². The number of benzene rings is 2. The van der Waals surface area contributed by atoms with Crippen LogP contribution < -0.4 is 18.9 Å². The Balaban J connectivity index is 1.50. The van der Waals surface area contributed by atoms with Crippen molar-refractivity contribution in [2.24, 2.45) is 0 Å². The van der Waals surface area contributed by atoms with E-state index in [2.05, 4.69) is 4.74 Å². The smallest absolute Gasteiger partial charge is 0.387 e. The molecule has 170 valence electrons. The fourth-order valence-corrected chi connectivity index (χ4v) is 4.08. The van der Waals surface area contributed by atoms with Crippen molar-refractivity contribution in [3.63, 3.8) is 0 Å². The quantitative estimate of drug-likeness (QED) is 0.535. The Morgan fingerprint density at radius 2 is 1.91 bits per heavy atom. The van der Waals surface area contributed by atoms with Gasteiger partial charge in [-0.25, -0.2) is 0 Å². The van der Waals surface area contributed by atoms with Crippen LogP contribution in [0, 0.1) is 0 Å². The molecule has 0 unspecified atom stereocenters. The molecular formula is C24H25F2NO5. The highest BCUT2D eigenvalue weighted by molar-refractivity contribution is 5.92. The predicted octanol–water partition coefficient (Wildman–Crippen LogP) is 5.01. The van der Waals surface area contributed by atoms with Gasteiger partial charge in [0.25, 0.3) is 0 Å². The van der Waals surface area contributed by atoms with Gasteiger partial charge in [0.05, 0.1) is 7.11 Å². The summed E-state index contributed by atoms with van der Waals surface area (Å²) in [5.74, 6) is 1.41. The molecule has 1 saturated carbocycles. The molecule has 1 aliphatic carbocycles. The second-order valence-corrected chi connectivity index (χ2v) is 7.71. The van der Waals surface area contributed by atoms with E-state index in [1.54, 1.807) is 18.2 Å². The summed E-state index contributed by atoms with van der Waals surface area (Å²) in [6, 6.07) is 10.4. The third-order valence-corrected chi connectivity index (χ3v) is 5.66. The van der Waals surface area contributed by atoms with Crippen LogP contribution in [-0.4, -0.2) is 37.4 Å². The zero-order chi connectivity index (χ0) is 22.5. The monoisotopic (exact) mass is 445 g/mol. The van der Waals surface area contributed by atoms with Crippen LogP contribution >= 0.6 is 0 Å². The maximum Gasteiger partial charge on any atom is 0.387 e. The molecule has 0 radical (unpaired) electrons. The van der Waals surface area contributed by atoms with Gasteiger partial charge >= 0.3 is 6.61 Å². The molecule has 0 atom stereocenters. The molecule has 1 aliphatic heterocycles. The molecule has 2 aromatic rings. The highest BCUT2D eigenvalue weighted by Gasteiger charge is 2.26. The minimum atomic E-state index is -2.94. The molecule has 32 heavy (non-hydrogen) atoms. The Hall–Kier alpha value is -3.29. The van der Waals surface area contributed by atoms with Crippen molar-refractivity contribution in [1.82, 2.24) is 4.90 Å². The molecule has 6 nitrogen and oxygen atoms in total. The van der Waals surface area contributed by atoms with E-state index in [9.17, 15) is 13.6 Å². The van der Waals surface area contributed by atoms with Crippen LogP contribution in [0.5, 0.6) is 23.0 Å². The molecule has 0 N–H and O–H groups in total. The first kappa shape index (κ1) is 21.9. The molecule has 1 amide bonds. The third-order valence-electron chi connectivity index (χ3n) is 5.66. The van der Waals surface area contributed by atoms with E-state index < -0.39 is 6.61 Å². The Morgan fingerprint density at radius 1 is 1.12 bits per heavy atom. The van der Waals surface area contributed by atoms with Gasteiger partial charge in [-0.1, -0.05) is 25.0 Å². The normalized spacial score (nSPS) is 15.5. The topological polar surface area (TPSA) is 57.2 Å². The number of hydrogen-bond acceptors (Lipinski definition) is 5. The molecule has 1 heterocycles. The van der Waals surface area contributed by atoms with Crippen LogP contribution in [0.4, 0.5) is 8.78 Å². The van der Waals surface area contributed by atoms with E-state index >= 15 is 0 Å². The SMILES string of the molecule is COc1cc(/C=C/C(=O)N(Cc2ccc3c(c2)OCO3)C2CCCC2)ccc1OC(F)F. The summed E-state index contributed by atoms with van der Waals surface area (Å²) in [4.78, 5) is 15.0. The van der Waals surface area contributed by atoms with E-state index in [0.717, 1.165) is 31.2 Å². The summed E-state index contributed by atoms with van der Waals surface area (Å²) in [5.41, 5.74) is 1.62. The predicted molar refractivity (Wildman–Crippen MR) is 114 cm³/mol. The van der Waals surface area contributed by atoms with Gasteiger partial charge in [-0.15, -0.1) is 0 Å². The van der Waals surface area contributed by atoms with Crippen LogP contribution in [0.3, 0.4) is 0 Å². The minimum absolute atomic E-state index is 0.0543. The lowest BCUT2D eigenvalue weighted by Gasteiger charge is -2.28. The van der Waals surface area contributed by atoms with Gasteiger partial charge in [0.1, 0.15) is 0 Å². The van der Waals surface area contributed by atoms with Crippen LogP contribution in [0.25, 0.3) is 6.08 Å². The van der Waals surface area contributed by atoms with E-state index in [1.807, 2.05) is 23.1 Å². The van der Waals surface area contributed by atoms with Gasteiger partial charge < -0.3 is 23.8 Å². The summed E-state index contributed by atoms with van der Waals surface area (Å²) in [5, 5.41) is 0. The van der Waals surface area contributed by atoms with Gasteiger partial charge in [0.2, 0.25) is 12.7 Å². The Bertz CT molecular complexity index is 988. The van der Waals surface area contributed by atoms with Crippen molar-refractivity contribution in [2.45, 2.75) is 44.9 Å². The van der Waals surface area contributed by atoms with Gasteiger partial charge in [0.15, 0.2) is 23.0 Å². The molecule has 4 rings (SSSR count). The fraction of sp³-hybridized carbons (Fsp3) is 0.375. The number of carbonyl (C=O) groups excluding carboxylic acids is 1. The maximum absolute atomic E-state index is 13.1. The lowest BCUT2D eigenvalue weighted by molar-refractivity contribution is -0.128. The van der Waals surface area contributed by atoms with Crippen molar-refractivity contribution in [2.75, 3.05) is 13.9 Å². The highest BCUT2D eigenvalue weighted by Crippen LogP contribution is 2.34. The number of amides is 1.